The zero-order chi connectivity index (χ0) is 98.0. The molecule has 0 radical (unpaired) electrons. The molecule has 0 unspecified atom stereocenters. The van der Waals surface area contributed by atoms with Crippen LogP contribution in [0.1, 0.15) is 265 Å². The summed E-state index contributed by atoms with van der Waals surface area (Å²) in [5.74, 6) is 1.57. The average Bonchev–Trinajstić information content (AvgIpc) is 1.77. The van der Waals surface area contributed by atoms with Gasteiger partial charge in [-0.2, -0.15) is 9.36 Å². The normalized spacial score (nSPS) is 11.7. The van der Waals surface area contributed by atoms with Crippen molar-refractivity contribution in [3.63, 3.8) is 0 Å². The second-order valence-corrected chi connectivity index (χ2v) is 45.8. The van der Waals surface area contributed by atoms with E-state index in [-0.39, 0.29) is 54.6 Å². The molecule has 0 aliphatic carbocycles. The summed E-state index contributed by atoms with van der Waals surface area (Å²) >= 11 is 37.7. The third-order valence-electron chi connectivity index (χ3n) is 19.8. The van der Waals surface area contributed by atoms with Crippen LogP contribution in [0, 0.1) is 33.1 Å². The molecule has 694 valence electrons. The predicted octanol–water partition coefficient (Wildman–Crippen LogP) is 27.8. The van der Waals surface area contributed by atoms with Gasteiger partial charge in [0.05, 0.1) is 22.7 Å². The SMILES string of the molecule is CC(C)(C)c1cc(Br)ccc1-n1cnnn1.CC(C)(C)c1cc(Br)ccc1O.CC(C)(C)c1cc(Cl)ccc1-n1cnnn1.CC(C)(C)c1cc(Cl)ccc1O.CC(C)(C)c1ccc(C(=N)N)cc1.Cc1cc(Br)cc(C(C)(C)C)c1-n1cnnn1.Cc1cc(Br)cc(C(C)(C)C)c1O.Cc1cc(Cl)cc(C(C)(C)C)c1-n1cnnn1.Cc1cc(Cl)cc(C(C)(C)C)c1O. The molecule has 7 N–H and O–H groups in total. The van der Waals surface area contributed by atoms with Crippen LogP contribution in [0.2, 0.25) is 20.1 Å². The number of aryl methyl sites for hydroxylation is 4. The van der Waals surface area contributed by atoms with Gasteiger partial charge >= 0.3 is 0 Å². The minimum Gasteiger partial charge on any atom is -0.508 e. The number of benzene rings is 9. The third kappa shape index (κ3) is 34.0. The summed E-state index contributed by atoms with van der Waals surface area (Å²) in [4.78, 5) is 0. The van der Waals surface area contributed by atoms with Crippen molar-refractivity contribution in [1.29, 1.82) is 5.41 Å². The number of aromatic nitrogens is 16. The highest BCUT2D eigenvalue weighted by molar-refractivity contribution is 9.11. The number of aromatic hydroxyl groups is 4. The molecule has 4 heterocycles. The first kappa shape index (κ1) is 111. The van der Waals surface area contributed by atoms with Crippen LogP contribution in [0.5, 0.6) is 23.0 Å². The lowest BCUT2D eigenvalue weighted by Crippen LogP contribution is -2.16. The molecule has 0 fully saturated rings. The van der Waals surface area contributed by atoms with Gasteiger partial charge in [-0.25, -0.2) is 9.36 Å². The van der Waals surface area contributed by atoms with Crippen LogP contribution in [-0.4, -0.2) is 107 Å². The lowest BCUT2D eigenvalue weighted by atomic mass is 9.84. The Morgan fingerprint density at radius 1 is 0.295 bits per heavy atom. The first-order valence-corrected chi connectivity index (χ1v) is 46.4. The Labute approximate surface area is 817 Å². The molecule has 22 nitrogen and oxygen atoms in total. The number of hydrogen-bond acceptors (Lipinski definition) is 17. The van der Waals surface area contributed by atoms with Gasteiger partial charge in [0.1, 0.15) is 54.1 Å². The van der Waals surface area contributed by atoms with E-state index < -0.39 is 0 Å². The fourth-order valence-corrected chi connectivity index (χ4v) is 15.6. The number of nitrogens with zero attached hydrogens (tertiary/aromatic N) is 16. The molecule has 0 amide bonds. The summed E-state index contributed by atoms with van der Waals surface area (Å²) in [5, 5.41) is 93.9. The van der Waals surface area contributed by atoms with Gasteiger partial charge in [0, 0.05) is 65.8 Å². The number of tetrazole rings is 4. The average molecular weight is 2100 g/mol. The molecule has 0 aliphatic heterocycles. The molecule has 13 aromatic rings. The van der Waals surface area contributed by atoms with Crippen molar-refractivity contribution in [3.8, 4) is 45.7 Å². The predicted molar refractivity (Wildman–Crippen MR) is 545 cm³/mol. The van der Waals surface area contributed by atoms with Crippen LogP contribution in [0.25, 0.3) is 22.7 Å². The first-order chi connectivity index (χ1) is 59.1. The van der Waals surface area contributed by atoms with Crippen molar-refractivity contribution in [1.82, 2.24) is 80.8 Å². The Hall–Kier alpha value is -8.99. The summed E-state index contributed by atoms with van der Waals surface area (Å²) < 4.78 is 10.9. The number of phenolic OH excluding ortho intramolecular Hbond substituents is 4. The minimum atomic E-state index is -0.0697. The molecule has 0 bridgehead atoms. The Balaban J connectivity index is 0.000000258. The second kappa shape index (κ2) is 45.9. The van der Waals surface area contributed by atoms with Gasteiger partial charge in [0.25, 0.3) is 0 Å². The van der Waals surface area contributed by atoms with Gasteiger partial charge in [0.15, 0.2) is 0 Å². The fourth-order valence-electron chi connectivity index (χ4n) is 12.9. The molecule has 30 heteroatoms. The minimum absolute atomic E-state index is 0.00609. The molecule has 4 aromatic heterocycles. The van der Waals surface area contributed by atoms with Crippen LogP contribution < -0.4 is 5.73 Å². The molecular formula is C99H128Br4Cl4N18O4. The molecule has 0 saturated heterocycles. The largest absolute Gasteiger partial charge is 0.508 e. The van der Waals surface area contributed by atoms with Crippen LogP contribution >= 0.6 is 110 Å². The highest BCUT2D eigenvalue weighted by Gasteiger charge is 2.28. The zero-order valence-electron chi connectivity index (χ0n) is 80.2. The van der Waals surface area contributed by atoms with Crippen molar-refractivity contribution in [3.05, 3.63) is 287 Å². The van der Waals surface area contributed by atoms with E-state index in [1.807, 2.05) is 139 Å². The number of nitrogens with one attached hydrogen (secondary N) is 1. The second-order valence-electron chi connectivity index (χ2n) is 40.4. The van der Waals surface area contributed by atoms with Crippen LogP contribution in [0.4, 0.5) is 0 Å². The molecular weight excluding hydrogens is 1970 g/mol. The smallest absolute Gasteiger partial charge is 0.143 e. The molecule has 0 spiro atoms. The molecule has 0 atom stereocenters. The highest BCUT2D eigenvalue weighted by Crippen LogP contribution is 2.41. The number of phenols is 4. The van der Waals surface area contributed by atoms with Crippen molar-refractivity contribution >= 4 is 116 Å². The summed E-state index contributed by atoms with van der Waals surface area (Å²) in [6, 6.07) is 45.9. The van der Waals surface area contributed by atoms with Crippen molar-refractivity contribution in [2.24, 2.45) is 5.73 Å². The number of nitrogens with two attached hydrogens (primary N) is 1. The van der Waals surface area contributed by atoms with E-state index in [0.717, 1.165) is 112 Å². The van der Waals surface area contributed by atoms with Gasteiger partial charge in [-0.05, 0) is 290 Å². The lowest BCUT2D eigenvalue weighted by molar-refractivity contribution is 0.442. The van der Waals surface area contributed by atoms with E-state index in [9.17, 15) is 20.4 Å². The van der Waals surface area contributed by atoms with Gasteiger partial charge in [-0.3, -0.25) is 5.41 Å². The van der Waals surface area contributed by atoms with E-state index >= 15 is 0 Å². The highest BCUT2D eigenvalue weighted by atomic mass is 79.9. The van der Waals surface area contributed by atoms with Gasteiger partial charge in [0.2, 0.25) is 0 Å². The van der Waals surface area contributed by atoms with Crippen LogP contribution in [-0.2, 0) is 48.7 Å². The summed E-state index contributed by atoms with van der Waals surface area (Å²) in [6.45, 7) is 65.0. The maximum Gasteiger partial charge on any atom is 0.143 e. The summed E-state index contributed by atoms with van der Waals surface area (Å²) in [5.41, 5.74) is 23.9. The standard InChI is InChI=1S/C12H15BrN4.C12H15ClN4.C11H13BrN4.C11H15BrO.C11H13ClN4.C11H15ClO.C11H16N2.C10H13BrO.C10H13ClO/c2*1-8-5-9(13)6-10(12(2,3)4)11(8)17-7-14-15-16-17;1-11(2,3)9-6-8(12)4-5-10(9)16-7-13-14-15-16;1-7-5-8(12)6-9(10(7)13)11(2,3)4;1-11(2,3)9-6-8(12)4-5-10(9)16-7-13-14-15-16;1-7-5-8(12)6-9(10(7)13)11(2,3)4;1-11(2,3)9-6-4-8(5-7-9)10(12)13;2*1-10(2,3)8-6-7(11)4-5-9(8)12/h2*5-7H,1-4H3;4-7H,1-3H3;5-6,13H,1-4H3;4-7H,1-3H3;5-6,13H,1-4H3;4-7H,1-3H3,(H3,12,13);2*4-6,12H,1-3H3. The lowest BCUT2D eigenvalue weighted by Gasteiger charge is -2.24. The van der Waals surface area contributed by atoms with E-state index in [1.165, 1.54) is 16.7 Å². The van der Waals surface area contributed by atoms with E-state index in [1.54, 1.807) is 74.4 Å². The molecule has 129 heavy (non-hydrogen) atoms. The quantitative estimate of drug-likeness (QED) is 0.0689. The maximum absolute atomic E-state index is 9.84. The molecule has 0 saturated carbocycles. The topological polar surface area (TPSA) is 305 Å². The number of amidine groups is 1. The molecule has 0 aliphatic rings. The van der Waals surface area contributed by atoms with E-state index in [0.29, 0.717) is 33.0 Å². The monoisotopic (exact) mass is 2090 g/mol. The van der Waals surface area contributed by atoms with Crippen LogP contribution in [0.15, 0.2) is 189 Å². The number of hydrogen-bond donors (Lipinski definition) is 6. The van der Waals surface area contributed by atoms with Crippen molar-refractivity contribution in [2.75, 3.05) is 0 Å². The Morgan fingerprint density at radius 2 is 0.566 bits per heavy atom. The zero-order valence-corrected chi connectivity index (χ0v) is 89.6. The van der Waals surface area contributed by atoms with E-state index in [4.69, 9.17) is 57.5 Å². The Bertz CT molecular complexity index is 5490. The molecule has 13 rings (SSSR count). The first-order valence-electron chi connectivity index (χ1n) is 41.7. The van der Waals surface area contributed by atoms with Gasteiger partial charge in [-0.1, -0.05) is 321 Å². The third-order valence-corrected chi connectivity index (χ3v) is 22.6. The Kier molecular flexibility index (Phi) is 39.3. The summed E-state index contributed by atoms with van der Waals surface area (Å²) in [6.07, 6.45) is 6.42. The number of halogens is 8. The maximum atomic E-state index is 9.84. The Morgan fingerprint density at radius 3 is 0.930 bits per heavy atom. The number of nitrogen functional groups attached to an aromatic ring is 1. The van der Waals surface area contributed by atoms with Gasteiger partial charge in [-0.15, -0.1) is 20.4 Å². The summed E-state index contributed by atoms with van der Waals surface area (Å²) in [7, 11) is 0. The van der Waals surface area contributed by atoms with Crippen molar-refractivity contribution in [2.45, 2.75) is 263 Å². The van der Waals surface area contributed by atoms with E-state index in [2.05, 4.69) is 317 Å². The van der Waals surface area contributed by atoms with Crippen LogP contribution in [0.3, 0.4) is 0 Å². The molecule has 9 aromatic carbocycles. The van der Waals surface area contributed by atoms with Gasteiger partial charge < -0.3 is 26.2 Å². The fraction of sp³-hybridized carbons (Fsp3) is 0.404. The van der Waals surface area contributed by atoms with Crippen molar-refractivity contribution < 1.29 is 20.4 Å². The number of rotatable bonds is 5.